The molecular weight excluding hydrogens is 280 g/mol. The number of hydrogen-bond donors (Lipinski definition) is 4. The molecule has 0 heterocycles. The van der Waals surface area contributed by atoms with Gasteiger partial charge in [0.05, 0.1) is 0 Å². The number of unbranched alkanes of at least 4 members (excludes halogenated alkanes) is 2. The van der Waals surface area contributed by atoms with E-state index in [0.29, 0.717) is 13.2 Å². The molecule has 0 saturated carbocycles. The van der Waals surface area contributed by atoms with Gasteiger partial charge in [-0.25, -0.2) is 0 Å². The minimum atomic E-state index is 0.250. The van der Waals surface area contributed by atoms with Crippen LogP contribution in [0.4, 0.5) is 0 Å². The molecule has 0 aliphatic carbocycles. The standard InChI is InChI=1S/C5H12O2.2C3H8O.C3H8.2C2H6/c6-4-2-1-3-5-7;2*1-2-3-4;1-3-2;2*1-2/h6-7H,1-5H2;2*4H,2-3H2,1H3;3H2,1-2H3;2*1-2H3. The van der Waals surface area contributed by atoms with Gasteiger partial charge in [-0.15, -0.1) is 0 Å². The van der Waals surface area contributed by atoms with E-state index in [-0.39, 0.29) is 13.2 Å². The molecule has 4 N–H and O–H groups in total. The predicted molar refractivity (Wildman–Crippen MR) is 101 cm³/mol. The molecule has 144 valence electrons. The van der Waals surface area contributed by atoms with Crippen molar-refractivity contribution in [1.82, 2.24) is 0 Å². The third-order valence-corrected chi connectivity index (χ3v) is 1.26. The summed E-state index contributed by atoms with van der Waals surface area (Å²) in [6, 6.07) is 0. The van der Waals surface area contributed by atoms with Gasteiger partial charge in [-0.05, 0) is 32.1 Å². The Morgan fingerprint density at radius 1 is 0.455 bits per heavy atom. The molecule has 0 fully saturated rings. The zero-order valence-electron chi connectivity index (χ0n) is 16.9. The van der Waals surface area contributed by atoms with Crippen LogP contribution in [0.3, 0.4) is 0 Å². The van der Waals surface area contributed by atoms with Crippen LogP contribution in [0.25, 0.3) is 0 Å². The molecule has 4 heteroatoms. The molecule has 0 atom stereocenters. The largest absolute Gasteiger partial charge is 0.396 e. The van der Waals surface area contributed by atoms with Crippen LogP contribution in [-0.4, -0.2) is 46.9 Å². The van der Waals surface area contributed by atoms with E-state index in [1.807, 2.05) is 41.5 Å². The van der Waals surface area contributed by atoms with Gasteiger partial charge in [-0.2, -0.15) is 0 Å². The summed E-state index contributed by atoms with van der Waals surface area (Å²) in [5.41, 5.74) is 0. The van der Waals surface area contributed by atoms with Gasteiger partial charge in [0.25, 0.3) is 0 Å². The Balaban J connectivity index is -0.0000000375. The van der Waals surface area contributed by atoms with E-state index in [2.05, 4.69) is 13.8 Å². The van der Waals surface area contributed by atoms with Crippen molar-refractivity contribution in [2.24, 2.45) is 0 Å². The van der Waals surface area contributed by atoms with E-state index in [9.17, 15) is 0 Å². The molecular formula is C18H48O4. The van der Waals surface area contributed by atoms with Crippen molar-refractivity contribution in [1.29, 1.82) is 0 Å². The summed E-state index contributed by atoms with van der Waals surface area (Å²) in [7, 11) is 0. The van der Waals surface area contributed by atoms with Gasteiger partial charge in [0.1, 0.15) is 0 Å². The quantitative estimate of drug-likeness (QED) is 0.545. The molecule has 0 bridgehead atoms. The van der Waals surface area contributed by atoms with Crippen LogP contribution in [-0.2, 0) is 0 Å². The Bertz CT molecular complexity index is 69.5. The first kappa shape index (κ1) is 37.8. The van der Waals surface area contributed by atoms with Crippen LogP contribution < -0.4 is 0 Å². The van der Waals surface area contributed by atoms with E-state index in [1.54, 1.807) is 0 Å². The van der Waals surface area contributed by atoms with Crippen molar-refractivity contribution in [2.45, 2.75) is 93.9 Å². The molecule has 0 aliphatic heterocycles. The lowest BCUT2D eigenvalue weighted by atomic mass is 10.2. The first-order valence-electron chi connectivity index (χ1n) is 9.09. The lowest BCUT2D eigenvalue weighted by Crippen LogP contribution is -1.85. The maximum absolute atomic E-state index is 8.21. The second-order valence-electron chi connectivity index (χ2n) is 3.66. The first-order valence-corrected chi connectivity index (χ1v) is 9.09. The van der Waals surface area contributed by atoms with Gasteiger partial charge in [0, 0.05) is 26.4 Å². The predicted octanol–water partition coefficient (Wildman–Crippen LogP) is 4.39. The van der Waals surface area contributed by atoms with Gasteiger partial charge < -0.3 is 20.4 Å². The van der Waals surface area contributed by atoms with Gasteiger partial charge in [0.15, 0.2) is 0 Å². The van der Waals surface area contributed by atoms with Crippen molar-refractivity contribution in [3.05, 3.63) is 0 Å². The number of rotatable bonds is 6. The molecule has 0 aromatic heterocycles. The number of aliphatic hydroxyl groups is 4. The highest BCUT2D eigenvalue weighted by molar-refractivity contribution is 4.35. The first-order chi connectivity index (χ1) is 10.7. The highest BCUT2D eigenvalue weighted by Crippen LogP contribution is 1.90. The van der Waals surface area contributed by atoms with Crippen LogP contribution >= 0.6 is 0 Å². The van der Waals surface area contributed by atoms with Crippen LogP contribution in [0.15, 0.2) is 0 Å². The van der Waals surface area contributed by atoms with E-state index in [1.165, 1.54) is 6.42 Å². The summed E-state index contributed by atoms with van der Waals surface area (Å²) in [5.74, 6) is 0. The Labute approximate surface area is 141 Å². The molecule has 0 aliphatic rings. The van der Waals surface area contributed by atoms with Crippen molar-refractivity contribution < 1.29 is 20.4 Å². The van der Waals surface area contributed by atoms with Gasteiger partial charge in [-0.1, -0.05) is 61.8 Å². The summed E-state index contributed by atoms with van der Waals surface area (Å²) >= 11 is 0. The normalized spacial score (nSPS) is 7.09. The second-order valence-corrected chi connectivity index (χ2v) is 3.66. The molecule has 22 heavy (non-hydrogen) atoms. The van der Waals surface area contributed by atoms with Gasteiger partial charge >= 0.3 is 0 Å². The molecule has 0 aromatic rings. The van der Waals surface area contributed by atoms with E-state index in [0.717, 1.165) is 32.1 Å². The van der Waals surface area contributed by atoms with Crippen molar-refractivity contribution >= 4 is 0 Å². The van der Waals surface area contributed by atoms with E-state index in [4.69, 9.17) is 20.4 Å². The van der Waals surface area contributed by atoms with Gasteiger partial charge in [-0.3, -0.25) is 0 Å². The SMILES string of the molecule is CC.CC.CCC.CCCO.CCCO.OCCCCCO. The van der Waals surface area contributed by atoms with Crippen LogP contribution in [0.5, 0.6) is 0 Å². The maximum Gasteiger partial charge on any atom is 0.0431 e. The maximum atomic E-state index is 8.21. The lowest BCUT2D eigenvalue weighted by molar-refractivity contribution is 0.257. The van der Waals surface area contributed by atoms with Crippen molar-refractivity contribution in [2.75, 3.05) is 26.4 Å². The zero-order chi connectivity index (χ0) is 19.1. The molecule has 0 rings (SSSR count). The average Bonchev–Trinajstić information content (AvgIpc) is 2.60. The molecule has 0 aromatic carbocycles. The smallest absolute Gasteiger partial charge is 0.0431 e. The summed E-state index contributed by atoms with van der Waals surface area (Å²) in [6.45, 7) is 17.2. The summed E-state index contributed by atoms with van der Waals surface area (Å²) in [5, 5.41) is 32.2. The average molecular weight is 329 g/mol. The summed E-state index contributed by atoms with van der Waals surface area (Å²) < 4.78 is 0. The van der Waals surface area contributed by atoms with E-state index < -0.39 is 0 Å². The zero-order valence-corrected chi connectivity index (χ0v) is 16.9. The monoisotopic (exact) mass is 328 g/mol. The fourth-order valence-electron chi connectivity index (χ4n) is 0.400. The molecule has 4 nitrogen and oxygen atoms in total. The van der Waals surface area contributed by atoms with Crippen LogP contribution in [0.2, 0.25) is 0 Å². The third-order valence-electron chi connectivity index (χ3n) is 1.26. The fourth-order valence-corrected chi connectivity index (χ4v) is 0.400. The Kier molecular flexibility index (Phi) is 146. The topological polar surface area (TPSA) is 80.9 Å². The second kappa shape index (κ2) is 84.7. The van der Waals surface area contributed by atoms with Crippen LogP contribution in [0, 0.1) is 0 Å². The lowest BCUT2D eigenvalue weighted by Gasteiger charge is -1.90. The fraction of sp³-hybridized carbons (Fsp3) is 1.00. The van der Waals surface area contributed by atoms with Crippen LogP contribution in [0.1, 0.15) is 93.9 Å². The Morgan fingerprint density at radius 2 is 0.636 bits per heavy atom. The molecule has 0 radical (unpaired) electrons. The summed E-state index contributed by atoms with van der Waals surface area (Å²) in [6.07, 6.45) is 5.58. The number of aliphatic hydroxyl groups excluding tert-OH is 4. The highest BCUT2D eigenvalue weighted by Gasteiger charge is 1.81. The molecule has 0 spiro atoms. The Hall–Kier alpha value is -0.160. The van der Waals surface area contributed by atoms with Crippen molar-refractivity contribution in [3.63, 3.8) is 0 Å². The highest BCUT2D eigenvalue weighted by atomic mass is 16.3. The van der Waals surface area contributed by atoms with E-state index >= 15 is 0 Å². The minimum absolute atomic E-state index is 0.250. The molecule has 0 unspecified atom stereocenters. The molecule has 0 amide bonds. The number of hydrogen-bond acceptors (Lipinski definition) is 4. The Morgan fingerprint density at radius 3 is 0.727 bits per heavy atom. The summed E-state index contributed by atoms with van der Waals surface area (Å²) in [4.78, 5) is 0. The van der Waals surface area contributed by atoms with Crippen molar-refractivity contribution in [3.8, 4) is 0 Å². The molecule has 0 saturated heterocycles. The van der Waals surface area contributed by atoms with Gasteiger partial charge in [0.2, 0.25) is 0 Å². The minimum Gasteiger partial charge on any atom is -0.396 e. The third kappa shape index (κ3) is 206.